The lowest BCUT2D eigenvalue weighted by Crippen LogP contribution is -2.32. The van der Waals surface area contributed by atoms with Crippen molar-refractivity contribution in [2.45, 2.75) is 38.8 Å². The Morgan fingerprint density at radius 2 is 2.04 bits per heavy atom. The monoisotopic (exact) mass is 356 g/mol. The summed E-state index contributed by atoms with van der Waals surface area (Å²) in [5.74, 6) is -0.450. The highest BCUT2D eigenvalue weighted by molar-refractivity contribution is 5.79. The predicted octanol–water partition coefficient (Wildman–Crippen LogP) is 2.16. The number of hydrogen-bond acceptors (Lipinski definition) is 4. The molecule has 1 atom stereocenters. The Balaban J connectivity index is 1.71. The molecule has 0 saturated carbocycles. The number of halogens is 1. The highest BCUT2D eigenvalue weighted by Gasteiger charge is 2.31. The fourth-order valence-corrected chi connectivity index (χ4v) is 3.14. The molecule has 3 rings (SSSR count). The molecule has 1 N–H and O–H groups in total. The van der Waals surface area contributed by atoms with Crippen LogP contribution in [-0.2, 0) is 22.6 Å². The van der Waals surface area contributed by atoms with Gasteiger partial charge in [0.15, 0.2) is 0 Å². The Hall–Kier alpha value is -2.83. The van der Waals surface area contributed by atoms with Crippen molar-refractivity contribution in [3.05, 3.63) is 59.4 Å². The van der Waals surface area contributed by atoms with E-state index in [1.807, 2.05) is 4.90 Å². The van der Waals surface area contributed by atoms with E-state index < -0.39 is 0 Å². The quantitative estimate of drug-likeness (QED) is 0.891. The van der Waals surface area contributed by atoms with Gasteiger partial charge in [0.2, 0.25) is 11.8 Å². The van der Waals surface area contributed by atoms with E-state index in [4.69, 9.17) is 0 Å². The molecule has 0 bridgehead atoms. The fraction of sp³-hybridized carbons (Fsp3) is 0.368. The van der Waals surface area contributed by atoms with Gasteiger partial charge in [-0.2, -0.15) is 0 Å². The molecule has 7 heteroatoms. The Morgan fingerprint density at radius 3 is 2.77 bits per heavy atom. The lowest BCUT2D eigenvalue weighted by molar-refractivity contribution is -0.131. The highest BCUT2D eigenvalue weighted by atomic mass is 19.1. The van der Waals surface area contributed by atoms with Crippen LogP contribution in [0.1, 0.15) is 42.8 Å². The van der Waals surface area contributed by atoms with Crippen LogP contribution >= 0.6 is 0 Å². The first-order valence-electron chi connectivity index (χ1n) is 8.62. The van der Waals surface area contributed by atoms with Gasteiger partial charge in [-0.1, -0.05) is 12.1 Å². The Labute approximate surface area is 151 Å². The summed E-state index contributed by atoms with van der Waals surface area (Å²) in [6, 6.07) is 5.87. The smallest absolute Gasteiger partial charge is 0.227 e. The fourth-order valence-electron chi connectivity index (χ4n) is 3.14. The van der Waals surface area contributed by atoms with Gasteiger partial charge in [0, 0.05) is 13.5 Å². The summed E-state index contributed by atoms with van der Waals surface area (Å²) >= 11 is 0. The van der Waals surface area contributed by atoms with Crippen molar-refractivity contribution in [3.8, 4) is 0 Å². The molecule has 0 radical (unpaired) electrons. The number of likely N-dealkylation sites (tertiary alicyclic amines) is 1. The zero-order valence-electron chi connectivity index (χ0n) is 14.6. The third-order valence-electron chi connectivity index (χ3n) is 4.40. The van der Waals surface area contributed by atoms with Crippen molar-refractivity contribution in [1.82, 2.24) is 20.2 Å². The van der Waals surface area contributed by atoms with E-state index in [0.717, 1.165) is 24.1 Å². The average Bonchev–Trinajstić information content (AvgIpc) is 3.12. The van der Waals surface area contributed by atoms with Gasteiger partial charge in [0.05, 0.1) is 42.8 Å². The van der Waals surface area contributed by atoms with E-state index in [-0.39, 0.29) is 30.1 Å². The van der Waals surface area contributed by atoms with Crippen molar-refractivity contribution < 1.29 is 14.0 Å². The first kappa shape index (κ1) is 18.0. The first-order chi connectivity index (χ1) is 12.5. The maximum absolute atomic E-state index is 13.0. The maximum Gasteiger partial charge on any atom is 0.227 e. The lowest BCUT2D eigenvalue weighted by Gasteiger charge is -2.24. The van der Waals surface area contributed by atoms with Crippen LogP contribution < -0.4 is 5.32 Å². The molecule has 1 aliphatic heterocycles. The number of rotatable bonds is 5. The van der Waals surface area contributed by atoms with Crippen molar-refractivity contribution >= 4 is 11.8 Å². The molecule has 1 saturated heterocycles. The minimum atomic E-state index is -0.313. The van der Waals surface area contributed by atoms with Gasteiger partial charge in [-0.3, -0.25) is 19.6 Å². The van der Waals surface area contributed by atoms with E-state index in [2.05, 4.69) is 15.3 Å². The standard InChI is InChI=1S/C19H21FN4O2/c1-13(25)22-11-16-10-21-12-17(23-16)18-3-2-8-24(18)19(26)9-14-4-6-15(20)7-5-14/h4-7,10,12,18H,2-3,8-9,11H2,1H3,(H,22,25)/t18-/m1/s1. The van der Waals surface area contributed by atoms with Crippen molar-refractivity contribution in [3.63, 3.8) is 0 Å². The van der Waals surface area contributed by atoms with Crippen LogP contribution in [0.15, 0.2) is 36.7 Å². The summed E-state index contributed by atoms with van der Waals surface area (Å²) in [7, 11) is 0. The number of carbonyl (C=O) groups is 2. The molecule has 1 aromatic carbocycles. The van der Waals surface area contributed by atoms with Gasteiger partial charge >= 0.3 is 0 Å². The second-order valence-electron chi connectivity index (χ2n) is 6.39. The number of carbonyl (C=O) groups excluding carboxylic acids is 2. The normalized spacial score (nSPS) is 16.5. The Kier molecular flexibility index (Phi) is 5.55. The van der Waals surface area contributed by atoms with E-state index in [9.17, 15) is 14.0 Å². The summed E-state index contributed by atoms with van der Waals surface area (Å²) in [6.45, 7) is 2.43. The minimum Gasteiger partial charge on any atom is -0.351 e. The molecule has 26 heavy (non-hydrogen) atoms. The van der Waals surface area contributed by atoms with Gasteiger partial charge in [-0.15, -0.1) is 0 Å². The van der Waals surface area contributed by atoms with Gasteiger partial charge in [0.1, 0.15) is 5.82 Å². The van der Waals surface area contributed by atoms with Gasteiger partial charge in [0.25, 0.3) is 0 Å². The molecule has 2 amide bonds. The molecule has 136 valence electrons. The predicted molar refractivity (Wildman–Crippen MR) is 93.3 cm³/mol. The summed E-state index contributed by atoms with van der Waals surface area (Å²) in [6.07, 6.45) is 5.24. The van der Waals surface area contributed by atoms with Crippen LogP contribution in [0.2, 0.25) is 0 Å². The molecule has 0 aliphatic carbocycles. The number of aromatic nitrogens is 2. The van der Waals surface area contributed by atoms with Crippen LogP contribution in [0.4, 0.5) is 4.39 Å². The van der Waals surface area contributed by atoms with Gasteiger partial charge < -0.3 is 10.2 Å². The second-order valence-corrected chi connectivity index (χ2v) is 6.39. The largest absolute Gasteiger partial charge is 0.351 e. The summed E-state index contributed by atoms with van der Waals surface area (Å²) < 4.78 is 13.0. The number of amides is 2. The molecule has 6 nitrogen and oxygen atoms in total. The van der Waals surface area contributed by atoms with Crippen molar-refractivity contribution in [1.29, 1.82) is 0 Å². The molecule has 1 aromatic heterocycles. The number of benzene rings is 1. The molecule has 0 unspecified atom stereocenters. The minimum absolute atomic E-state index is 0.00632. The van der Waals surface area contributed by atoms with Crippen LogP contribution in [0, 0.1) is 5.82 Å². The Bertz CT molecular complexity index is 794. The zero-order chi connectivity index (χ0) is 18.5. The third kappa shape index (κ3) is 4.41. The van der Waals surface area contributed by atoms with E-state index in [1.165, 1.54) is 19.1 Å². The van der Waals surface area contributed by atoms with Crippen molar-refractivity contribution in [2.75, 3.05) is 6.54 Å². The molecular formula is C19H21FN4O2. The topological polar surface area (TPSA) is 75.2 Å². The molecule has 2 heterocycles. The van der Waals surface area contributed by atoms with E-state index in [1.54, 1.807) is 24.5 Å². The third-order valence-corrected chi connectivity index (χ3v) is 4.40. The molecule has 1 aliphatic rings. The molecule has 2 aromatic rings. The van der Waals surface area contributed by atoms with Crippen LogP contribution in [0.25, 0.3) is 0 Å². The highest BCUT2D eigenvalue weighted by Crippen LogP contribution is 2.31. The average molecular weight is 356 g/mol. The number of nitrogens with zero attached hydrogens (tertiary/aromatic N) is 3. The van der Waals surface area contributed by atoms with E-state index in [0.29, 0.717) is 18.8 Å². The van der Waals surface area contributed by atoms with E-state index >= 15 is 0 Å². The first-order valence-corrected chi connectivity index (χ1v) is 8.62. The second kappa shape index (κ2) is 8.03. The lowest BCUT2D eigenvalue weighted by atomic mass is 10.1. The summed E-state index contributed by atoms with van der Waals surface area (Å²) in [5, 5.41) is 2.70. The number of nitrogens with one attached hydrogen (secondary N) is 1. The summed E-state index contributed by atoms with van der Waals surface area (Å²) in [4.78, 5) is 34.3. The Morgan fingerprint density at radius 1 is 1.27 bits per heavy atom. The molecular weight excluding hydrogens is 335 g/mol. The summed E-state index contributed by atoms with van der Waals surface area (Å²) in [5.41, 5.74) is 2.18. The van der Waals surface area contributed by atoms with Crippen molar-refractivity contribution in [2.24, 2.45) is 0 Å². The molecule has 1 fully saturated rings. The number of hydrogen-bond donors (Lipinski definition) is 1. The van der Waals surface area contributed by atoms with Crippen LogP contribution in [0.5, 0.6) is 0 Å². The SMILES string of the molecule is CC(=O)NCc1cncc([C@H]2CCCN2C(=O)Cc2ccc(F)cc2)n1. The van der Waals surface area contributed by atoms with Crippen LogP contribution in [-0.4, -0.2) is 33.2 Å². The zero-order valence-corrected chi connectivity index (χ0v) is 14.6. The van der Waals surface area contributed by atoms with Gasteiger partial charge in [-0.25, -0.2) is 4.39 Å². The molecule has 0 spiro atoms. The maximum atomic E-state index is 13.0. The van der Waals surface area contributed by atoms with Crippen LogP contribution in [0.3, 0.4) is 0 Å². The van der Waals surface area contributed by atoms with Gasteiger partial charge in [-0.05, 0) is 30.5 Å².